The lowest BCUT2D eigenvalue weighted by Gasteiger charge is -2.21. The van der Waals surface area contributed by atoms with Gasteiger partial charge in [-0.2, -0.15) is 0 Å². The number of hydrogen-bond donors (Lipinski definition) is 1. The van der Waals surface area contributed by atoms with Crippen molar-refractivity contribution in [2.24, 2.45) is 0 Å². The van der Waals surface area contributed by atoms with Crippen LogP contribution in [0.15, 0.2) is 30.6 Å². The minimum Gasteiger partial charge on any atom is -0.309 e. The van der Waals surface area contributed by atoms with E-state index < -0.39 is 0 Å². The molecule has 0 aromatic carbocycles. The second-order valence-corrected chi connectivity index (χ2v) is 6.46. The van der Waals surface area contributed by atoms with Crippen molar-refractivity contribution in [3.05, 3.63) is 41.2 Å². The van der Waals surface area contributed by atoms with Crippen molar-refractivity contribution < 1.29 is 0 Å². The zero-order valence-electron chi connectivity index (χ0n) is 12.0. The van der Waals surface area contributed by atoms with Crippen LogP contribution in [0.1, 0.15) is 36.4 Å². The largest absolute Gasteiger partial charge is 0.309 e. The Morgan fingerprint density at radius 1 is 1.38 bits per heavy atom. The predicted octanol–water partition coefficient (Wildman–Crippen LogP) is 3.44. The van der Waals surface area contributed by atoms with Crippen molar-refractivity contribution in [2.45, 2.75) is 32.2 Å². The van der Waals surface area contributed by atoms with E-state index in [2.05, 4.69) is 27.8 Å². The van der Waals surface area contributed by atoms with E-state index in [1.807, 2.05) is 24.4 Å². The Morgan fingerprint density at radius 2 is 2.33 bits per heavy atom. The molecule has 1 aliphatic carbocycles. The third-order valence-corrected chi connectivity index (χ3v) is 5.22. The zero-order chi connectivity index (χ0) is 14.2. The van der Waals surface area contributed by atoms with E-state index in [1.165, 1.54) is 23.4 Å². The highest BCUT2D eigenvalue weighted by molar-refractivity contribution is 7.15. The van der Waals surface area contributed by atoms with Gasteiger partial charge in [0.15, 0.2) is 0 Å². The first-order chi connectivity index (χ1) is 10.3. The molecule has 1 atom stereocenters. The number of nitrogens with zero attached hydrogens (tertiary/aromatic N) is 3. The van der Waals surface area contributed by atoms with Gasteiger partial charge in [-0.05, 0) is 37.9 Å². The number of pyridine rings is 1. The number of hydrogen-bond acceptors (Lipinski definition) is 4. The minimum absolute atomic E-state index is 0.474. The van der Waals surface area contributed by atoms with Gasteiger partial charge in [0.05, 0.1) is 5.69 Å². The van der Waals surface area contributed by atoms with Crippen LogP contribution in [-0.2, 0) is 6.42 Å². The highest BCUT2D eigenvalue weighted by atomic mass is 32.1. The normalized spacial score (nSPS) is 18.0. The Labute approximate surface area is 127 Å². The molecule has 4 nitrogen and oxygen atoms in total. The number of aryl methyl sites for hydroxylation is 1. The van der Waals surface area contributed by atoms with E-state index in [4.69, 9.17) is 4.98 Å². The summed E-state index contributed by atoms with van der Waals surface area (Å²) in [4.78, 5) is 11.0. The van der Waals surface area contributed by atoms with Crippen molar-refractivity contribution in [1.29, 1.82) is 0 Å². The van der Waals surface area contributed by atoms with Crippen molar-refractivity contribution >= 4 is 17.0 Å². The second kappa shape index (κ2) is 5.24. The maximum atomic E-state index is 4.85. The van der Waals surface area contributed by atoms with Crippen LogP contribution in [-0.4, -0.2) is 20.9 Å². The van der Waals surface area contributed by atoms with Crippen LogP contribution >= 0.6 is 11.3 Å². The van der Waals surface area contributed by atoms with Gasteiger partial charge in [0, 0.05) is 23.3 Å². The van der Waals surface area contributed by atoms with Gasteiger partial charge in [-0.15, -0.1) is 11.3 Å². The Hall–Kier alpha value is -1.72. The third kappa shape index (κ3) is 2.26. The van der Waals surface area contributed by atoms with Crippen LogP contribution in [0.2, 0.25) is 0 Å². The van der Waals surface area contributed by atoms with E-state index in [-0.39, 0.29) is 0 Å². The second-order valence-electron chi connectivity index (χ2n) is 5.42. The van der Waals surface area contributed by atoms with Crippen LogP contribution in [0.5, 0.6) is 0 Å². The van der Waals surface area contributed by atoms with Gasteiger partial charge in [0.2, 0.25) is 0 Å². The number of fused-ring (bicyclic) bond motifs is 2. The first kappa shape index (κ1) is 13.0. The molecule has 0 radical (unpaired) electrons. The first-order valence-electron chi connectivity index (χ1n) is 7.52. The van der Waals surface area contributed by atoms with Crippen LogP contribution < -0.4 is 5.32 Å². The maximum Gasteiger partial charge on any atom is 0.144 e. The molecular weight excluding hydrogens is 280 g/mol. The lowest BCUT2D eigenvalue weighted by Crippen LogP contribution is -2.23. The molecule has 5 heteroatoms. The number of nitrogens with one attached hydrogen (secondary N) is 1. The Bertz CT molecular complexity index is 741. The molecule has 4 rings (SSSR count). The number of aromatic nitrogens is 3. The smallest absolute Gasteiger partial charge is 0.144 e. The van der Waals surface area contributed by atoms with Gasteiger partial charge in [-0.25, -0.2) is 9.97 Å². The summed E-state index contributed by atoms with van der Waals surface area (Å²) in [6.45, 7) is 3.17. The molecule has 3 heterocycles. The summed E-state index contributed by atoms with van der Waals surface area (Å²) in [6, 6.07) is 6.53. The molecule has 1 N–H and O–H groups in total. The summed E-state index contributed by atoms with van der Waals surface area (Å²) >= 11 is 1.80. The minimum atomic E-state index is 0.474. The molecule has 0 amide bonds. The molecule has 0 aliphatic heterocycles. The average Bonchev–Trinajstić information content (AvgIpc) is 3.11. The molecule has 21 heavy (non-hydrogen) atoms. The van der Waals surface area contributed by atoms with Crippen LogP contribution in [0.4, 0.5) is 0 Å². The van der Waals surface area contributed by atoms with Gasteiger partial charge < -0.3 is 9.72 Å². The third-order valence-electron chi connectivity index (χ3n) is 3.98. The summed E-state index contributed by atoms with van der Waals surface area (Å²) in [6.07, 6.45) is 7.64. The standard InChI is InChI=1S/C16H18N4S/c1-2-17-11-6-5-7-12-15(11)21-16(19-12)13-10-20-9-4-3-8-14(20)18-13/h3-4,8-11,17H,2,5-7H2,1H3. The lowest BCUT2D eigenvalue weighted by atomic mass is 9.98. The van der Waals surface area contributed by atoms with Crippen LogP contribution in [0.3, 0.4) is 0 Å². The summed E-state index contributed by atoms with van der Waals surface area (Å²) in [5, 5.41) is 4.63. The molecule has 0 saturated carbocycles. The van der Waals surface area contributed by atoms with Gasteiger partial charge in [0.25, 0.3) is 0 Å². The van der Waals surface area contributed by atoms with Gasteiger partial charge in [0.1, 0.15) is 16.3 Å². The summed E-state index contributed by atoms with van der Waals surface area (Å²) in [7, 11) is 0. The quantitative estimate of drug-likeness (QED) is 0.805. The molecule has 1 unspecified atom stereocenters. The molecule has 0 spiro atoms. The molecule has 1 aliphatic rings. The van der Waals surface area contributed by atoms with Gasteiger partial charge in [-0.1, -0.05) is 13.0 Å². The summed E-state index contributed by atoms with van der Waals surface area (Å²) < 4.78 is 2.05. The number of thiazole rings is 1. The highest BCUT2D eigenvalue weighted by Crippen LogP contribution is 2.37. The van der Waals surface area contributed by atoms with E-state index in [0.29, 0.717) is 6.04 Å². The molecule has 3 aromatic rings. The van der Waals surface area contributed by atoms with E-state index in [0.717, 1.165) is 29.3 Å². The lowest BCUT2D eigenvalue weighted by molar-refractivity contribution is 0.476. The van der Waals surface area contributed by atoms with Crippen molar-refractivity contribution in [2.75, 3.05) is 6.54 Å². The molecule has 3 aromatic heterocycles. The van der Waals surface area contributed by atoms with E-state index in [9.17, 15) is 0 Å². The Kier molecular flexibility index (Phi) is 3.24. The SMILES string of the molecule is CCNC1CCCc2nc(-c3cn4ccccc4n3)sc21. The fraction of sp³-hybridized carbons (Fsp3) is 0.375. The maximum absolute atomic E-state index is 4.85. The number of rotatable bonds is 3. The fourth-order valence-electron chi connectivity index (χ4n) is 3.01. The topological polar surface area (TPSA) is 42.2 Å². The van der Waals surface area contributed by atoms with E-state index >= 15 is 0 Å². The number of imidazole rings is 1. The highest BCUT2D eigenvalue weighted by Gasteiger charge is 2.24. The predicted molar refractivity (Wildman–Crippen MR) is 85.7 cm³/mol. The zero-order valence-corrected chi connectivity index (χ0v) is 12.9. The summed E-state index contributed by atoms with van der Waals surface area (Å²) in [5.41, 5.74) is 3.23. The molecule has 0 saturated heterocycles. The molecule has 0 bridgehead atoms. The fourth-order valence-corrected chi connectivity index (χ4v) is 4.18. The van der Waals surface area contributed by atoms with Crippen molar-refractivity contribution in [1.82, 2.24) is 19.7 Å². The van der Waals surface area contributed by atoms with E-state index in [1.54, 1.807) is 11.3 Å². The Morgan fingerprint density at radius 3 is 3.19 bits per heavy atom. The van der Waals surface area contributed by atoms with Gasteiger partial charge >= 0.3 is 0 Å². The molecule has 108 valence electrons. The molecule has 0 fully saturated rings. The Balaban J connectivity index is 1.76. The monoisotopic (exact) mass is 298 g/mol. The summed E-state index contributed by atoms with van der Waals surface area (Å²) in [5.74, 6) is 0. The first-order valence-corrected chi connectivity index (χ1v) is 8.34. The van der Waals surface area contributed by atoms with Gasteiger partial charge in [-0.3, -0.25) is 0 Å². The average molecular weight is 298 g/mol. The van der Waals surface area contributed by atoms with Crippen molar-refractivity contribution in [3.63, 3.8) is 0 Å². The molecular formula is C16H18N4S. The van der Waals surface area contributed by atoms with Crippen molar-refractivity contribution in [3.8, 4) is 10.7 Å². The van der Waals surface area contributed by atoms with Crippen LogP contribution in [0.25, 0.3) is 16.3 Å². The van der Waals surface area contributed by atoms with Crippen LogP contribution in [0, 0.1) is 0 Å².